The topological polar surface area (TPSA) is 131 Å². The molecule has 8 heteroatoms. The molecule has 5 N–H and O–H groups in total. The van der Waals surface area contributed by atoms with E-state index in [4.69, 9.17) is 10.5 Å². The minimum Gasteiger partial charge on any atom is -0.480 e. The molecule has 0 radical (unpaired) electrons. The maximum absolute atomic E-state index is 12.3. The average Bonchev–Trinajstić information content (AvgIpc) is 2.68. The molecule has 0 aliphatic heterocycles. The largest absolute Gasteiger partial charge is 0.480 e. The molecule has 2 rings (SSSR count). The van der Waals surface area contributed by atoms with Crippen LogP contribution in [0.3, 0.4) is 0 Å². The fraction of sp³-hybridized carbons (Fsp3) is 0.348. The number of alkyl carbamates (subject to hydrolysis) is 1. The normalized spacial score (nSPS) is 13.0. The number of anilines is 1. The Hall–Kier alpha value is -3.39. The summed E-state index contributed by atoms with van der Waals surface area (Å²) >= 11 is 0. The third kappa shape index (κ3) is 8.47. The Morgan fingerprint density at radius 1 is 0.968 bits per heavy atom. The predicted octanol–water partition coefficient (Wildman–Crippen LogP) is 2.72. The first-order valence-electron chi connectivity index (χ1n) is 9.95. The summed E-state index contributed by atoms with van der Waals surface area (Å²) in [6.07, 6.45) is -0.311. The van der Waals surface area contributed by atoms with Gasteiger partial charge in [-0.3, -0.25) is 4.79 Å². The molecule has 2 aromatic rings. The van der Waals surface area contributed by atoms with Gasteiger partial charge < -0.3 is 26.2 Å². The second-order valence-corrected chi connectivity index (χ2v) is 8.22. The van der Waals surface area contributed by atoms with E-state index in [1.54, 1.807) is 45.0 Å². The summed E-state index contributed by atoms with van der Waals surface area (Å²) < 4.78 is 5.11. The summed E-state index contributed by atoms with van der Waals surface area (Å²) in [6.45, 7) is 5.09. The van der Waals surface area contributed by atoms with Crippen LogP contribution in [0.4, 0.5) is 10.5 Å². The molecule has 0 fully saturated rings. The molecule has 2 amide bonds. The molecule has 8 nitrogen and oxygen atoms in total. The van der Waals surface area contributed by atoms with Crippen molar-refractivity contribution in [2.24, 2.45) is 5.73 Å². The van der Waals surface area contributed by atoms with E-state index in [0.717, 1.165) is 5.56 Å². The highest BCUT2D eigenvalue weighted by molar-refractivity contribution is 5.94. The van der Waals surface area contributed by atoms with Gasteiger partial charge in [-0.05, 0) is 50.5 Å². The van der Waals surface area contributed by atoms with E-state index in [0.29, 0.717) is 17.7 Å². The van der Waals surface area contributed by atoms with Gasteiger partial charge in [0.15, 0.2) is 0 Å². The zero-order valence-electron chi connectivity index (χ0n) is 17.9. The van der Waals surface area contributed by atoms with Crippen LogP contribution >= 0.6 is 0 Å². The zero-order chi connectivity index (χ0) is 23.0. The van der Waals surface area contributed by atoms with Gasteiger partial charge in [0, 0.05) is 12.1 Å². The van der Waals surface area contributed by atoms with Crippen molar-refractivity contribution >= 4 is 23.7 Å². The van der Waals surface area contributed by atoms with Gasteiger partial charge >= 0.3 is 12.1 Å². The molecule has 2 atom stereocenters. The van der Waals surface area contributed by atoms with Crippen molar-refractivity contribution in [1.29, 1.82) is 0 Å². The Kier molecular flexibility index (Phi) is 8.15. The number of aliphatic carboxylic acids is 1. The van der Waals surface area contributed by atoms with Crippen molar-refractivity contribution in [3.05, 3.63) is 65.7 Å². The van der Waals surface area contributed by atoms with Crippen LogP contribution in [-0.2, 0) is 27.2 Å². The number of benzene rings is 2. The molecule has 0 saturated carbocycles. The maximum Gasteiger partial charge on any atom is 0.408 e. The lowest BCUT2D eigenvalue weighted by Crippen LogP contribution is -2.44. The summed E-state index contributed by atoms with van der Waals surface area (Å²) in [5.41, 5.74) is 7.45. The second-order valence-electron chi connectivity index (χ2n) is 8.22. The fourth-order valence-corrected chi connectivity index (χ4v) is 2.81. The highest BCUT2D eigenvalue weighted by atomic mass is 16.6. The number of nitrogens with two attached hydrogens (primary N) is 1. The lowest BCUT2D eigenvalue weighted by Gasteiger charge is -2.22. The van der Waals surface area contributed by atoms with E-state index in [1.807, 2.05) is 30.3 Å². The number of carboxylic acids is 1. The summed E-state index contributed by atoms with van der Waals surface area (Å²) in [7, 11) is 0. The van der Waals surface area contributed by atoms with Crippen LogP contribution in [0.15, 0.2) is 54.6 Å². The van der Waals surface area contributed by atoms with Gasteiger partial charge in [0.1, 0.15) is 11.6 Å². The van der Waals surface area contributed by atoms with Gasteiger partial charge in [0.25, 0.3) is 0 Å². The van der Waals surface area contributed by atoms with Crippen LogP contribution < -0.4 is 16.4 Å². The minimum absolute atomic E-state index is 0.0658. The van der Waals surface area contributed by atoms with Gasteiger partial charge in [-0.25, -0.2) is 9.59 Å². The molecule has 0 aliphatic carbocycles. The third-order valence-electron chi connectivity index (χ3n) is 4.29. The Balaban J connectivity index is 1.93. The zero-order valence-corrected chi connectivity index (χ0v) is 17.9. The fourth-order valence-electron chi connectivity index (χ4n) is 2.81. The molecule has 31 heavy (non-hydrogen) atoms. The molecule has 0 aliphatic rings. The minimum atomic E-state index is -1.17. The van der Waals surface area contributed by atoms with E-state index in [9.17, 15) is 19.5 Å². The molecule has 0 heterocycles. The average molecular weight is 428 g/mol. The van der Waals surface area contributed by atoms with Gasteiger partial charge in [-0.1, -0.05) is 42.5 Å². The van der Waals surface area contributed by atoms with Crippen molar-refractivity contribution in [2.75, 3.05) is 5.32 Å². The van der Waals surface area contributed by atoms with Crippen molar-refractivity contribution in [2.45, 2.75) is 51.3 Å². The number of amides is 2. The molecule has 0 aromatic heterocycles. The Labute approximate surface area is 181 Å². The number of hydrogen-bond acceptors (Lipinski definition) is 5. The molecule has 166 valence electrons. The van der Waals surface area contributed by atoms with E-state index < -0.39 is 29.7 Å². The highest BCUT2D eigenvalue weighted by Gasteiger charge is 2.24. The van der Waals surface area contributed by atoms with Crippen LogP contribution in [0.25, 0.3) is 0 Å². The van der Waals surface area contributed by atoms with E-state index in [2.05, 4.69) is 10.6 Å². The number of hydrogen-bond donors (Lipinski definition) is 4. The first-order chi connectivity index (χ1) is 14.5. The molecular weight excluding hydrogens is 398 g/mol. The van der Waals surface area contributed by atoms with Crippen molar-refractivity contribution < 1.29 is 24.2 Å². The predicted molar refractivity (Wildman–Crippen MR) is 118 cm³/mol. The summed E-state index contributed by atoms with van der Waals surface area (Å²) in [5.74, 6) is -1.48. The SMILES string of the molecule is CC(C)(C)OC(=O)N[C@@H](Cc1ccc(NC(=O)[C@H](N)Cc2ccccc2)cc1)C(=O)O. The van der Waals surface area contributed by atoms with Gasteiger partial charge in [0.2, 0.25) is 5.91 Å². The molecule has 0 spiro atoms. The summed E-state index contributed by atoms with van der Waals surface area (Å²) in [5, 5.41) is 14.5. The maximum atomic E-state index is 12.3. The van der Waals surface area contributed by atoms with E-state index in [-0.39, 0.29) is 12.3 Å². The van der Waals surface area contributed by atoms with E-state index >= 15 is 0 Å². The highest BCUT2D eigenvalue weighted by Crippen LogP contribution is 2.13. The number of ether oxygens (including phenoxy) is 1. The van der Waals surface area contributed by atoms with Gasteiger partial charge in [0.05, 0.1) is 6.04 Å². The third-order valence-corrected chi connectivity index (χ3v) is 4.29. The number of carbonyl (C=O) groups excluding carboxylic acids is 2. The quantitative estimate of drug-likeness (QED) is 0.512. The Morgan fingerprint density at radius 3 is 2.10 bits per heavy atom. The summed E-state index contributed by atoms with van der Waals surface area (Å²) in [4.78, 5) is 35.7. The van der Waals surface area contributed by atoms with Gasteiger partial charge in [-0.15, -0.1) is 0 Å². The Bertz CT molecular complexity index is 892. The summed E-state index contributed by atoms with van der Waals surface area (Å²) in [6, 6.07) is 14.3. The number of carboxylic acid groups (broad SMARTS) is 1. The number of nitrogens with one attached hydrogen (secondary N) is 2. The monoisotopic (exact) mass is 427 g/mol. The smallest absolute Gasteiger partial charge is 0.408 e. The molecule has 0 unspecified atom stereocenters. The van der Waals surface area contributed by atoms with Crippen LogP contribution in [0, 0.1) is 0 Å². The number of carbonyl (C=O) groups is 3. The van der Waals surface area contributed by atoms with Crippen LogP contribution in [0.1, 0.15) is 31.9 Å². The first kappa shape index (κ1) is 23.9. The molecular formula is C23H29N3O5. The van der Waals surface area contributed by atoms with Crippen LogP contribution in [0.5, 0.6) is 0 Å². The standard InChI is InChI=1S/C23H29N3O5/c1-23(2,3)31-22(30)26-19(21(28)29)14-16-9-11-17(12-10-16)25-20(27)18(24)13-15-7-5-4-6-8-15/h4-12,18-19H,13-14,24H2,1-3H3,(H,25,27)(H,26,30)(H,28,29)/t18-,19+/m1/s1. The van der Waals surface area contributed by atoms with Crippen molar-refractivity contribution in [3.8, 4) is 0 Å². The molecule has 0 saturated heterocycles. The number of rotatable bonds is 8. The lowest BCUT2D eigenvalue weighted by atomic mass is 10.0. The molecule has 2 aromatic carbocycles. The van der Waals surface area contributed by atoms with Crippen molar-refractivity contribution in [1.82, 2.24) is 5.32 Å². The van der Waals surface area contributed by atoms with Gasteiger partial charge in [-0.2, -0.15) is 0 Å². The second kappa shape index (κ2) is 10.6. The Morgan fingerprint density at radius 2 is 1.55 bits per heavy atom. The van der Waals surface area contributed by atoms with Crippen LogP contribution in [0.2, 0.25) is 0 Å². The van der Waals surface area contributed by atoms with E-state index in [1.165, 1.54) is 0 Å². The lowest BCUT2D eigenvalue weighted by molar-refractivity contribution is -0.139. The molecule has 0 bridgehead atoms. The van der Waals surface area contributed by atoms with Crippen molar-refractivity contribution in [3.63, 3.8) is 0 Å². The first-order valence-corrected chi connectivity index (χ1v) is 9.95. The van der Waals surface area contributed by atoms with Crippen LogP contribution in [-0.4, -0.2) is 40.8 Å².